The number of nitrogens with zero attached hydrogens (tertiary/aromatic N) is 2. The van der Waals surface area contributed by atoms with E-state index in [2.05, 4.69) is 35.9 Å². The van der Waals surface area contributed by atoms with E-state index < -0.39 is 0 Å². The van der Waals surface area contributed by atoms with E-state index in [0.29, 0.717) is 11.8 Å². The average molecular weight is 270 g/mol. The zero-order valence-corrected chi connectivity index (χ0v) is 12.4. The fourth-order valence-corrected chi connectivity index (χ4v) is 2.81. The molecule has 3 heteroatoms. The molecule has 0 radical (unpaired) electrons. The summed E-state index contributed by atoms with van der Waals surface area (Å²) in [6.45, 7) is 4.44. The van der Waals surface area contributed by atoms with Crippen molar-refractivity contribution in [1.29, 1.82) is 0 Å². The van der Waals surface area contributed by atoms with Gasteiger partial charge in [-0.05, 0) is 36.5 Å². The molecule has 0 bridgehead atoms. The molecule has 2 rings (SSSR count). The normalized spacial score (nSPS) is 13.8. The van der Waals surface area contributed by atoms with Gasteiger partial charge >= 0.3 is 0 Å². The highest BCUT2D eigenvalue weighted by Crippen LogP contribution is 2.37. The summed E-state index contributed by atoms with van der Waals surface area (Å²) in [6, 6.07) is 8.38. The molecule has 1 aromatic heterocycles. The fraction of sp³-hybridized carbons (Fsp3) is 0.412. The van der Waals surface area contributed by atoms with Crippen molar-refractivity contribution < 1.29 is 4.74 Å². The molecule has 0 aliphatic rings. The molecule has 106 valence electrons. The molecule has 0 saturated carbocycles. The summed E-state index contributed by atoms with van der Waals surface area (Å²) in [7, 11) is 1.70. The molecule has 2 atom stereocenters. The maximum atomic E-state index is 5.23. The summed E-state index contributed by atoms with van der Waals surface area (Å²) in [5, 5.41) is 0. The van der Waals surface area contributed by atoms with Crippen LogP contribution in [0.15, 0.2) is 42.9 Å². The van der Waals surface area contributed by atoms with Crippen LogP contribution in [0.2, 0.25) is 0 Å². The highest BCUT2D eigenvalue weighted by Gasteiger charge is 2.23. The van der Waals surface area contributed by atoms with E-state index in [1.54, 1.807) is 19.5 Å². The Kier molecular flexibility index (Phi) is 5.10. The van der Waals surface area contributed by atoms with Crippen molar-refractivity contribution in [2.75, 3.05) is 7.11 Å². The van der Waals surface area contributed by atoms with Gasteiger partial charge in [-0.25, -0.2) is 0 Å². The third-order valence-electron chi connectivity index (χ3n) is 3.87. The van der Waals surface area contributed by atoms with E-state index in [-0.39, 0.29) is 0 Å². The van der Waals surface area contributed by atoms with E-state index in [1.165, 1.54) is 5.56 Å². The molecule has 0 unspecified atom stereocenters. The molecule has 20 heavy (non-hydrogen) atoms. The van der Waals surface area contributed by atoms with Crippen molar-refractivity contribution >= 4 is 0 Å². The summed E-state index contributed by atoms with van der Waals surface area (Å²) >= 11 is 0. The van der Waals surface area contributed by atoms with Gasteiger partial charge in [0.05, 0.1) is 12.8 Å². The summed E-state index contributed by atoms with van der Waals surface area (Å²) in [4.78, 5) is 8.70. The van der Waals surface area contributed by atoms with Crippen LogP contribution in [-0.2, 0) is 0 Å². The Balaban J connectivity index is 2.29. The lowest BCUT2D eigenvalue weighted by atomic mass is 9.80. The summed E-state index contributed by atoms with van der Waals surface area (Å²) in [5.41, 5.74) is 2.42. The number of hydrogen-bond donors (Lipinski definition) is 0. The van der Waals surface area contributed by atoms with Crippen molar-refractivity contribution in [3.05, 3.63) is 54.1 Å². The van der Waals surface area contributed by atoms with Crippen LogP contribution in [0.25, 0.3) is 0 Å². The maximum absolute atomic E-state index is 5.23. The zero-order valence-electron chi connectivity index (χ0n) is 12.4. The minimum absolute atomic E-state index is 0.405. The Morgan fingerprint density at radius 3 is 2.20 bits per heavy atom. The molecular weight excluding hydrogens is 248 g/mol. The molecule has 1 heterocycles. The number of benzene rings is 1. The van der Waals surface area contributed by atoms with Crippen LogP contribution in [0.4, 0.5) is 0 Å². The van der Waals surface area contributed by atoms with Gasteiger partial charge in [0.1, 0.15) is 5.75 Å². The van der Waals surface area contributed by atoms with Crippen LogP contribution in [0.1, 0.15) is 49.8 Å². The minimum atomic E-state index is 0.405. The lowest BCUT2D eigenvalue weighted by Crippen LogP contribution is -2.12. The summed E-state index contributed by atoms with van der Waals surface area (Å²) in [5.74, 6) is 1.76. The first kappa shape index (κ1) is 14.5. The molecule has 1 aromatic carbocycles. The van der Waals surface area contributed by atoms with E-state index >= 15 is 0 Å². The molecule has 0 saturated heterocycles. The molecular formula is C17H22N2O. The molecule has 0 aliphatic carbocycles. The lowest BCUT2D eigenvalue weighted by Gasteiger charge is -2.25. The first-order valence-corrected chi connectivity index (χ1v) is 7.20. The monoisotopic (exact) mass is 270 g/mol. The molecule has 0 N–H and O–H groups in total. The van der Waals surface area contributed by atoms with E-state index in [1.807, 2.05) is 18.3 Å². The summed E-state index contributed by atoms with van der Waals surface area (Å²) < 4.78 is 5.23. The third kappa shape index (κ3) is 3.16. The van der Waals surface area contributed by atoms with Gasteiger partial charge in [-0.15, -0.1) is 0 Å². The molecule has 0 fully saturated rings. The van der Waals surface area contributed by atoms with Gasteiger partial charge in [-0.1, -0.05) is 26.0 Å². The molecule has 3 nitrogen and oxygen atoms in total. The predicted molar refractivity (Wildman–Crippen MR) is 81.1 cm³/mol. The van der Waals surface area contributed by atoms with Gasteiger partial charge in [0, 0.05) is 24.5 Å². The van der Waals surface area contributed by atoms with Crippen LogP contribution < -0.4 is 4.74 Å². The van der Waals surface area contributed by atoms with Crippen LogP contribution >= 0.6 is 0 Å². The van der Waals surface area contributed by atoms with Crippen LogP contribution in [0.5, 0.6) is 5.75 Å². The van der Waals surface area contributed by atoms with E-state index in [9.17, 15) is 0 Å². The molecule has 0 aliphatic heterocycles. The van der Waals surface area contributed by atoms with E-state index in [0.717, 1.165) is 24.3 Å². The standard InChI is InChI=1S/C17H22N2O/c1-4-15(13-6-8-14(20-3)9-7-13)16(5-2)17-12-18-10-11-19-17/h6-12,15-16H,4-5H2,1-3H3/t15-,16+/m1/s1. The largest absolute Gasteiger partial charge is 0.497 e. The molecule has 2 aromatic rings. The van der Waals surface area contributed by atoms with E-state index in [4.69, 9.17) is 4.74 Å². The number of methoxy groups -OCH3 is 1. The van der Waals surface area contributed by atoms with Gasteiger partial charge < -0.3 is 4.74 Å². The van der Waals surface area contributed by atoms with Crippen LogP contribution in [-0.4, -0.2) is 17.1 Å². The number of rotatable bonds is 6. The Hall–Kier alpha value is -1.90. The second-order valence-corrected chi connectivity index (χ2v) is 4.93. The fourth-order valence-electron chi connectivity index (χ4n) is 2.81. The summed E-state index contributed by atoms with van der Waals surface area (Å²) in [6.07, 6.45) is 7.54. The van der Waals surface area contributed by atoms with Crippen LogP contribution in [0, 0.1) is 0 Å². The van der Waals surface area contributed by atoms with Gasteiger partial charge in [0.15, 0.2) is 0 Å². The van der Waals surface area contributed by atoms with Gasteiger partial charge in [-0.2, -0.15) is 0 Å². The van der Waals surface area contributed by atoms with Gasteiger partial charge in [0.2, 0.25) is 0 Å². The first-order valence-electron chi connectivity index (χ1n) is 7.20. The second kappa shape index (κ2) is 7.04. The Labute approximate surface area is 121 Å². The first-order chi connectivity index (χ1) is 9.80. The second-order valence-electron chi connectivity index (χ2n) is 4.93. The Bertz CT molecular complexity index is 510. The third-order valence-corrected chi connectivity index (χ3v) is 3.87. The zero-order chi connectivity index (χ0) is 14.4. The predicted octanol–water partition coefficient (Wildman–Crippen LogP) is 4.17. The van der Waals surface area contributed by atoms with Gasteiger partial charge in [0.25, 0.3) is 0 Å². The SMILES string of the molecule is CC[C@H](c1ccc(OC)cc1)[C@H](CC)c1cnccn1. The highest BCUT2D eigenvalue weighted by molar-refractivity contribution is 5.31. The average Bonchev–Trinajstić information content (AvgIpc) is 2.53. The lowest BCUT2D eigenvalue weighted by molar-refractivity contribution is 0.414. The van der Waals surface area contributed by atoms with Crippen molar-refractivity contribution in [2.24, 2.45) is 0 Å². The Morgan fingerprint density at radius 1 is 1.00 bits per heavy atom. The Morgan fingerprint density at radius 2 is 1.70 bits per heavy atom. The maximum Gasteiger partial charge on any atom is 0.118 e. The topological polar surface area (TPSA) is 35.0 Å². The molecule has 0 amide bonds. The smallest absolute Gasteiger partial charge is 0.118 e. The van der Waals surface area contributed by atoms with Gasteiger partial charge in [-0.3, -0.25) is 9.97 Å². The van der Waals surface area contributed by atoms with Crippen molar-refractivity contribution in [1.82, 2.24) is 9.97 Å². The van der Waals surface area contributed by atoms with Crippen molar-refractivity contribution in [3.8, 4) is 5.75 Å². The highest BCUT2D eigenvalue weighted by atomic mass is 16.5. The van der Waals surface area contributed by atoms with Crippen molar-refractivity contribution in [3.63, 3.8) is 0 Å². The number of hydrogen-bond acceptors (Lipinski definition) is 3. The number of aromatic nitrogens is 2. The number of ether oxygens (including phenoxy) is 1. The quantitative estimate of drug-likeness (QED) is 0.790. The van der Waals surface area contributed by atoms with Crippen LogP contribution in [0.3, 0.4) is 0 Å². The molecule has 0 spiro atoms. The van der Waals surface area contributed by atoms with Crippen molar-refractivity contribution in [2.45, 2.75) is 38.5 Å². The minimum Gasteiger partial charge on any atom is -0.497 e.